The lowest BCUT2D eigenvalue weighted by molar-refractivity contribution is -0.914. The molecule has 2 aromatic carbocycles. The van der Waals surface area contributed by atoms with Gasteiger partial charge < -0.3 is 14.5 Å². The number of nitrogens with zero attached hydrogens (tertiary/aromatic N) is 1. The fourth-order valence-corrected chi connectivity index (χ4v) is 3.46. The fourth-order valence-electron chi connectivity index (χ4n) is 2.99. The molecule has 3 rings (SSSR count). The lowest BCUT2D eigenvalue weighted by atomic mass is 10.2. The van der Waals surface area contributed by atoms with E-state index in [2.05, 4.69) is 17.0 Å². The summed E-state index contributed by atoms with van der Waals surface area (Å²) in [5.74, 6) is 0.899. The van der Waals surface area contributed by atoms with Crippen molar-refractivity contribution in [1.29, 1.82) is 0 Å². The average molecular weight is 352 g/mol. The maximum Gasteiger partial charge on any atom is 0.119 e. The molecular weight excluding hydrogens is 331 g/mol. The van der Waals surface area contributed by atoms with Crippen LogP contribution in [0.3, 0.4) is 0 Å². The Labute approximate surface area is 147 Å². The van der Waals surface area contributed by atoms with Gasteiger partial charge in [0.15, 0.2) is 0 Å². The maximum atomic E-state index is 6.28. The van der Waals surface area contributed by atoms with E-state index < -0.39 is 0 Å². The number of rotatable bonds is 4. The van der Waals surface area contributed by atoms with E-state index in [0.717, 1.165) is 43.5 Å². The van der Waals surface area contributed by atoms with Gasteiger partial charge in [0, 0.05) is 16.3 Å². The summed E-state index contributed by atoms with van der Waals surface area (Å²) in [6.45, 7) is 5.25. The molecule has 5 heteroatoms. The van der Waals surface area contributed by atoms with E-state index in [1.165, 1.54) is 11.3 Å². The molecule has 0 unspecified atom stereocenters. The Balaban J connectivity index is 1.57. The molecular formula is C18H21Cl2N2O+. The zero-order valence-electron chi connectivity index (χ0n) is 13.2. The van der Waals surface area contributed by atoms with Gasteiger partial charge in [0.05, 0.1) is 38.3 Å². The number of methoxy groups -OCH3 is 1. The van der Waals surface area contributed by atoms with Crippen LogP contribution >= 0.6 is 23.2 Å². The molecule has 1 fully saturated rings. The van der Waals surface area contributed by atoms with E-state index in [1.807, 2.05) is 30.3 Å². The molecule has 1 saturated heterocycles. The van der Waals surface area contributed by atoms with Gasteiger partial charge >= 0.3 is 0 Å². The van der Waals surface area contributed by atoms with Crippen LogP contribution in [-0.2, 0) is 6.54 Å². The summed E-state index contributed by atoms with van der Waals surface area (Å²) in [5.41, 5.74) is 2.43. The highest BCUT2D eigenvalue weighted by Crippen LogP contribution is 2.21. The van der Waals surface area contributed by atoms with E-state index in [4.69, 9.17) is 27.9 Å². The van der Waals surface area contributed by atoms with Crippen LogP contribution in [0.25, 0.3) is 0 Å². The standard InChI is InChI=1S/C18H20Cl2N2O/c1-23-17-6-4-16(5-7-17)22-10-8-21(9-11-22)13-14-2-3-15(19)12-18(14)20/h2-7,12H,8-11,13H2,1H3/p+1. The topological polar surface area (TPSA) is 16.9 Å². The summed E-state index contributed by atoms with van der Waals surface area (Å²) in [6, 6.07) is 14.1. The van der Waals surface area contributed by atoms with Gasteiger partial charge in [0.2, 0.25) is 0 Å². The first kappa shape index (κ1) is 16.4. The van der Waals surface area contributed by atoms with E-state index in [0.29, 0.717) is 5.02 Å². The predicted octanol–water partition coefficient (Wildman–Crippen LogP) is 2.91. The molecule has 1 aliphatic heterocycles. The normalized spacial score (nSPS) is 15.7. The third-order valence-corrected chi connectivity index (χ3v) is 4.95. The summed E-state index contributed by atoms with van der Waals surface area (Å²) < 4.78 is 5.22. The molecule has 1 N–H and O–H groups in total. The van der Waals surface area contributed by atoms with Gasteiger partial charge in [-0.15, -0.1) is 0 Å². The highest BCUT2D eigenvalue weighted by atomic mass is 35.5. The van der Waals surface area contributed by atoms with Crippen LogP contribution < -0.4 is 14.5 Å². The maximum absolute atomic E-state index is 6.28. The molecule has 0 radical (unpaired) electrons. The number of anilines is 1. The zero-order chi connectivity index (χ0) is 16.2. The quantitative estimate of drug-likeness (QED) is 0.911. The molecule has 0 atom stereocenters. The second-order valence-corrected chi connectivity index (χ2v) is 6.69. The molecule has 0 bridgehead atoms. The predicted molar refractivity (Wildman–Crippen MR) is 96.1 cm³/mol. The van der Waals surface area contributed by atoms with Gasteiger partial charge in [-0.1, -0.05) is 29.3 Å². The van der Waals surface area contributed by atoms with Crippen LogP contribution in [-0.4, -0.2) is 33.3 Å². The molecule has 2 aromatic rings. The van der Waals surface area contributed by atoms with Crippen molar-refractivity contribution >= 4 is 28.9 Å². The second kappa shape index (κ2) is 7.43. The van der Waals surface area contributed by atoms with Crippen LogP contribution in [0.15, 0.2) is 42.5 Å². The minimum atomic E-state index is 0.693. The van der Waals surface area contributed by atoms with Crippen LogP contribution in [0, 0.1) is 0 Å². The van der Waals surface area contributed by atoms with Crippen LogP contribution in [0.4, 0.5) is 5.69 Å². The van der Waals surface area contributed by atoms with Gasteiger partial charge in [0.25, 0.3) is 0 Å². The summed E-state index contributed by atoms with van der Waals surface area (Å²) >= 11 is 12.2. The van der Waals surface area contributed by atoms with Crippen LogP contribution in [0.2, 0.25) is 10.0 Å². The zero-order valence-corrected chi connectivity index (χ0v) is 14.7. The fraction of sp³-hybridized carbons (Fsp3) is 0.333. The molecule has 1 heterocycles. The lowest BCUT2D eigenvalue weighted by Crippen LogP contribution is -3.13. The number of hydrogen-bond donors (Lipinski definition) is 1. The second-order valence-electron chi connectivity index (χ2n) is 5.85. The van der Waals surface area contributed by atoms with Gasteiger partial charge in [-0.05, 0) is 36.4 Å². The smallest absolute Gasteiger partial charge is 0.119 e. The first-order chi connectivity index (χ1) is 11.2. The Kier molecular flexibility index (Phi) is 5.31. The summed E-state index contributed by atoms with van der Waals surface area (Å²) in [5, 5.41) is 1.46. The third-order valence-electron chi connectivity index (χ3n) is 4.36. The summed E-state index contributed by atoms with van der Waals surface area (Å²) in [6.07, 6.45) is 0. The van der Waals surface area contributed by atoms with Crippen molar-refractivity contribution in [1.82, 2.24) is 0 Å². The monoisotopic (exact) mass is 351 g/mol. The Hall–Kier alpha value is -1.42. The van der Waals surface area contributed by atoms with Crippen LogP contribution in [0.5, 0.6) is 5.75 Å². The van der Waals surface area contributed by atoms with Crippen molar-refractivity contribution in [2.45, 2.75) is 6.54 Å². The Morgan fingerprint density at radius 3 is 2.35 bits per heavy atom. The first-order valence-corrected chi connectivity index (χ1v) is 8.58. The van der Waals surface area contributed by atoms with Crippen molar-refractivity contribution in [3.05, 3.63) is 58.1 Å². The molecule has 3 nitrogen and oxygen atoms in total. The van der Waals surface area contributed by atoms with Crippen molar-refractivity contribution in [3.63, 3.8) is 0 Å². The third kappa shape index (κ3) is 4.11. The Bertz CT molecular complexity index is 653. The highest BCUT2D eigenvalue weighted by Gasteiger charge is 2.21. The van der Waals surface area contributed by atoms with Crippen molar-refractivity contribution in [3.8, 4) is 5.75 Å². The first-order valence-electron chi connectivity index (χ1n) is 7.82. The van der Waals surface area contributed by atoms with Crippen molar-refractivity contribution in [2.24, 2.45) is 0 Å². The van der Waals surface area contributed by atoms with E-state index in [-0.39, 0.29) is 0 Å². The molecule has 0 aromatic heterocycles. The number of ether oxygens (including phenoxy) is 1. The summed E-state index contributed by atoms with van der Waals surface area (Å²) in [7, 11) is 1.69. The number of piperazine rings is 1. The average Bonchev–Trinajstić information content (AvgIpc) is 2.58. The van der Waals surface area contributed by atoms with E-state index >= 15 is 0 Å². The SMILES string of the molecule is COc1ccc(N2CC[NH+](Cc3ccc(Cl)cc3Cl)CC2)cc1. The largest absolute Gasteiger partial charge is 0.497 e. The molecule has 0 amide bonds. The number of nitrogens with one attached hydrogen (secondary N) is 1. The minimum absolute atomic E-state index is 0.693. The van der Waals surface area contributed by atoms with Gasteiger partial charge in [-0.25, -0.2) is 0 Å². The molecule has 1 aliphatic rings. The number of quaternary nitrogens is 1. The molecule has 122 valence electrons. The number of benzene rings is 2. The minimum Gasteiger partial charge on any atom is -0.497 e. The number of halogens is 2. The Morgan fingerprint density at radius 2 is 1.74 bits per heavy atom. The van der Waals surface area contributed by atoms with Crippen molar-refractivity contribution in [2.75, 3.05) is 38.2 Å². The van der Waals surface area contributed by atoms with Gasteiger partial charge in [-0.3, -0.25) is 0 Å². The van der Waals surface area contributed by atoms with E-state index in [1.54, 1.807) is 12.0 Å². The highest BCUT2D eigenvalue weighted by molar-refractivity contribution is 6.35. The molecule has 0 spiro atoms. The lowest BCUT2D eigenvalue weighted by Gasteiger charge is -2.33. The number of hydrogen-bond acceptors (Lipinski definition) is 2. The van der Waals surface area contributed by atoms with Gasteiger partial charge in [-0.2, -0.15) is 0 Å². The van der Waals surface area contributed by atoms with Crippen molar-refractivity contribution < 1.29 is 9.64 Å². The van der Waals surface area contributed by atoms with E-state index in [9.17, 15) is 0 Å². The molecule has 0 aliphatic carbocycles. The van der Waals surface area contributed by atoms with Crippen LogP contribution in [0.1, 0.15) is 5.56 Å². The van der Waals surface area contributed by atoms with Gasteiger partial charge in [0.1, 0.15) is 12.3 Å². The molecule has 23 heavy (non-hydrogen) atoms. The Morgan fingerprint density at radius 1 is 1.04 bits per heavy atom. The molecule has 0 saturated carbocycles. The summed E-state index contributed by atoms with van der Waals surface area (Å²) in [4.78, 5) is 3.98.